The smallest absolute Gasteiger partial charge is 0.197 e. The minimum absolute atomic E-state index is 0.803. The first-order chi connectivity index (χ1) is 13.2. The second kappa shape index (κ2) is 7.96. The second-order valence-corrected chi connectivity index (χ2v) is 7.73. The van der Waals surface area contributed by atoms with Gasteiger partial charge in [0, 0.05) is 30.5 Å². The number of ether oxygens (including phenoxy) is 1. The highest BCUT2D eigenvalue weighted by atomic mass is 32.1. The maximum absolute atomic E-state index is 6.30. The van der Waals surface area contributed by atoms with Crippen molar-refractivity contribution < 1.29 is 4.74 Å². The summed E-state index contributed by atoms with van der Waals surface area (Å²) in [5, 5.41) is 9.42. The van der Waals surface area contributed by atoms with Gasteiger partial charge in [-0.25, -0.2) is 4.98 Å². The molecule has 2 heterocycles. The molecule has 2 aromatic rings. The van der Waals surface area contributed by atoms with E-state index in [1.165, 1.54) is 11.1 Å². The zero-order valence-electron chi connectivity index (χ0n) is 15.7. The second-order valence-electron chi connectivity index (χ2n) is 6.87. The summed E-state index contributed by atoms with van der Waals surface area (Å²) < 4.78 is 6.30. The molecule has 140 valence electrons. The van der Waals surface area contributed by atoms with E-state index in [2.05, 4.69) is 47.0 Å². The fraction of sp³-hybridized carbons (Fsp3) is 0.333. The molecule has 0 amide bonds. The van der Waals surface area contributed by atoms with E-state index in [0.29, 0.717) is 0 Å². The lowest BCUT2D eigenvalue weighted by Gasteiger charge is -2.18. The maximum atomic E-state index is 6.30. The molecule has 27 heavy (non-hydrogen) atoms. The summed E-state index contributed by atoms with van der Waals surface area (Å²) in [6.07, 6.45) is 5.28. The van der Waals surface area contributed by atoms with Gasteiger partial charge in [0.15, 0.2) is 11.1 Å². The van der Waals surface area contributed by atoms with Crippen LogP contribution in [-0.4, -0.2) is 24.0 Å². The van der Waals surface area contributed by atoms with Crippen LogP contribution < -0.4 is 15.4 Å². The number of hydrogen-bond donors (Lipinski definition) is 2. The minimum Gasteiger partial charge on any atom is -0.461 e. The number of guanidine groups is 1. The fourth-order valence-electron chi connectivity index (χ4n) is 3.23. The standard InChI is InChI=1S/C21H24N4OS/c1-14-8-9-18(15(2)12-14)26-19-7-4-3-6-16(19)17-13-27-21(24-17)25-20-22-10-5-11-23-20/h3-4,6-7,12-13H,5,8-11H2,1-2H3,(H2,22,23,24,25). The molecule has 1 aliphatic carbocycles. The van der Waals surface area contributed by atoms with Gasteiger partial charge in [-0.3, -0.25) is 4.99 Å². The molecule has 4 rings (SSSR count). The van der Waals surface area contributed by atoms with E-state index >= 15 is 0 Å². The molecule has 0 saturated heterocycles. The van der Waals surface area contributed by atoms with Gasteiger partial charge in [0.05, 0.1) is 5.69 Å². The van der Waals surface area contributed by atoms with Gasteiger partial charge in [-0.05, 0) is 44.4 Å². The molecule has 6 heteroatoms. The van der Waals surface area contributed by atoms with Crippen molar-refractivity contribution in [1.82, 2.24) is 10.3 Å². The van der Waals surface area contributed by atoms with E-state index in [0.717, 1.165) is 66.2 Å². The average molecular weight is 381 g/mol. The van der Waals surface area contributed by atoms with Crippen molar-refractivity contribution in [3.05, 3.63) is 52.6 Å². The van der Waals surface area contributed by atoms with Crippen molar-refractivity contribution in [1.29, 1.82) is 0 Å². The summed E-state index contributed by atoms with van der Waals surface area (Å²) in [5.74, 6) is 2.70. The molecule has 1 aromatic carbocycles. The molecular formula is C21H24N4OS. The van der Waals surface area contributed by atoms with Crippen LogP contribution in [0.5, 0.6) is 5.75 Å². The summed E-state index contributed by atoms with van der Waals surface area (Å²) >= 11 is 1.57. The number of anilines is 1. The Morgan fingerprint density at radius 3 is 2.89 bits per heavy atom. The molecule has 2 N–H and O–H groups in total. The molecule has 0 spiro atoms. The Labute approximate surface area is 163 Å². The van der Waals surface area contributed by atoms with Crippen molar-refractivity contribution >= 4 is 22.4 Å². The summed E-state index contributed by atoms with van der Waals surface area (Å²) in [4.78, 5) is 9.18. The van der Waals surface area contributed by atoms with E-state index in [-0.39, 0.29) is 0 Å². The third-order valence-corrected chi connectivity index (χ3v) is 5.43. The number of allylic oxidation sites excluding steroid dienone is 4. The molecule has 0 unspecified atom stereocenters. The number of nitrogens with one attached hydrogen (secondary N) is 2. The number of aliphatic imine (C=N–C) groups is 1. The summed E-state index contributed by atoms with van der Waals surface area (Å²) in [7, 11) is 0. The van der Waals surface area contributed by atoms with Crippen molar-refractivity contribution in [2.75, 3.05) is 18.4 Å². The largest absolute Gasteiger partial charge is 0.461 e. The van der Waals surface area contributed by atoms with Crippen LogP contribution in [0.1, 0.15) is 33.1 Å². The van der Waals surface area contributed by atoms with Crippen LogP contribution >= 0.6 is 11.3 Å². The third-order valence-electron chi connectivity index (χ3n) is 4.67. The van der Waals surface area contributed by atoms with Crippen molar-refractivity contribution in [3.63, 3.8) is 0 Å². The molecule has 0 saturated carbocycles. The molecule has 1 aliphatic heterocycles. The van der Waals surface area contributed by atoms with Gasteiger partial charge in [-0.15, -0.1) is 11.3 Å². The number of nitrogens with zero attached hydrogens (tertiary/aromatic N) is 2. The Balaban J connectivity index is 1.56. The Bertz CT molecular complexity index is 926. The van der Waals surface area contributed by atoms with Crippen LogP contribution in [0, 0.1) is 0 Å². The summed E-state index contributed by atoms with van der Waals surface area (Å²) in [5.41, 5.74) is 4.53. The monoisotopic (exact) mass is 380 g/mol. The fourth-order valence-corrected chi connectivity index (χ4v) is 3.94. The quantitative estimate of drug-likeness (QED) is 0.787. The molecule has 0 bridgehead atoms. The minimum atomic E-state index is 0.803. The molecule has 1 aromatic heterocycles. The van der Waals surface area contributed by atoms with E-state index in [1.54, 1.807) is 11.3 Å². The molecule has 5 nitrogen and oxygen atoms in total. The van der Waals surface area contributed by atoms with Crippen molar-refractivity contribution in [3.8, 4) is 17.0 Å². The highest BCUT2D eigenvalue weighted by Crippen LogP contribution is 2.35. The summed E-state index contributed by atoms with van der Waals surface area (Å²) in [6.45, 7) is 6.09. The number of rotatable bonds is 4. The van der Waals surface area contributed by atoms with Crippen LogP contribution in [-0.2, 0) is 0 Å². The number of benzene rings is 1. The average Bonchev–Trinajstić information content (AvgIpc) is 3.13. The van der Waals surface area contributed by atoms with Crippen LogP contribution in [0.2, 0.25) is 0 Å². The number of para-hydroxylation sites is 1. The lowest BCUT2D eigenvalue weighted by molar-refractivity contribution is 0.396. The van der Waals surface area contributed by atoms with Crippen LogP contribution in [0.4, 0.5) is 5.13 Å². The zero-order chi connectivity index (χ0) is 18.6. The van der Waals surface area contributed by atoms with E-state index in [4.69, 9.17) is 9.72 Å². The first-order valence-electron chi connectivity index (χ1n) is 9.34. The maximum Gasteiger partial charge on any atom is 0.197 e. The first kappa shape index (κ1) is 17.8. The number of hydrogen-bond acceptors (Lipinski definition) is 6. The highest BCUT2D eigenvalue weighted by Gasteiger charge is 2.15. The van der Waals surface area contributed by atoms with Gasteiger partial charge < -0.3 is 15.4 Å². The highest BCUT2D eigenvalue weighted by molar-refractivity contribution is 7.14. The van der Waals surface area contributed by atoms with E-state index < -0.39 is 0 Å². The lowest BCUT2D eigenvalue weighted by Crippen LogP contribution is -2.35. The third kappa shape index (κ3) is 4.22. The van der Waals surface area contributed by atoms with Crippen molar-refractivity contribution in [2.45, 2.75) is 33.1 Å². The first-order valence-corrected chi connectivity index (χ1v) is 10.2. The van der Waals surface area contributed by atoms with E-state index in [1.807, 2.05) is 18.2 Å². The summed E-state index contributed by atoms with van der Waals surface area (Å²) in [6, 6.07) is 8.10. The topological polar surface area (TPSA) is 58.5 Å². The van der Waals surface area contributed by atoms with Gasteiger partial charge in [-0.1, -0.05) is 23.8 Å². The molecule has 0 fully saturated rings. The molecular weight excluding hydrogens is 356 g/mol. The Kier molecular flexibility index (Phi) is 5.25. The Morgan fingerprint density at radius 2 is 2.07 bits per heavy atom. The predicted molar refractivity (Wildman–Crippen MR) is 112 cm³/mol. The van der Waals surface area contributed by atoms with Crippen LogP contribution in [0.3, 0.4) is 0 Å². The molecule has 2 aliphatic rings. The van der Waals surface area contributed by atoms with Gasteiger partial charge in [0.1, 0.15) is 11.5 Å². The van der Waals surface area contributed by atoms with Gasteiger partial charge in [-0.2, -0.15) is 0 Å². The predicted octanol–water partition coefficient (Wildman–Crippen LogP) is 4.96. The molecule has 0 atom stereocenters. The van der Waals surface area contributed by atoms with Crippen LogP contribution in [0.15, 0.2) is 57.6 Å². The number of thiazole rings is 1. The van der Waals surface area contributed by atoms with Crippen LogP contribution in [0.25, 0.3) is 11.3 Å². The SMILES string of the molecule is CC1=CC(C)=C(Oc2ccccc2-c2csc(NC3=NCCCN3)n2)CC1. The zero-order valence-corrected chi connectivity index (χ0v) is 16.5. The normalized spacial score (nSPS) is 17.1. The van der Waals surface area contributed by atoms with Crippen molar-refractivity contribution in [2.24, 2.45) is 4.99 Å². The number of aromatic nitrogens is 1. The lowest BCUT2D eigenvalue weighted by atomic mass is 10.00. The van der Waals surface area contributed by atoms with Gasteiger partial charge in [0.2, 0.25) is 0 Å². The Hall–Kier alpha value is -2.60. The van der Waals surface area contributed by atoms with E-state index in [9.17, 15) is 0 Å². The Morgan fingerprint density at radius 1 is 1.19 bits per heavy atom. The van der Waals surface area contributed by atoms with Gasteiger partial charge in [0.25, 0.3) is 0 Å². The van der Waals surface area contributed by atoms with Gasteiger partial charge >= 0.3 is 0 Å². The molecule has 0 radical (unpaired) electrons.